The van der Waals surface area contributed by atoms with Crippen molar-refractivity contribution >= 4 is 5.57 Å². The summed E-state index contributed by atoms with van der Waals surface area (Å²) in [6, 6.07) is 6.56. The van der Waals surface area contributed by atoms with E-state index < -0.39 is 12.6 Å². The lowest BCUT2D eigenvalue weighted by atomic mass is 10.0. The summed E-state index contributed by atoms with van der Waals surface area (Å²) in [5.74, 6) is 0. The third-order valence-corrected chi connectivity index (χ3v) is 2.22. The average molecular weight is 214 g/mol. The third-order valence-electron chi connectivity index (χ3n) is 2.22. The van der Waals surface area contributed by atoms with Crippen molar-refractivity contribution in [2.75, 3.05) is 0 Å². The molecule has 1 aromatic carbocycles. The molecule has 0 radical (unpaired) electrons. The average Bonchev–Trinajstić information content (AvgIpc) is 2.14. The summed E-state index contributed by atoms with van der Waals surface area (Å²) in [5.41, 5.74) is 2.14. The summed E-state index contributed by atoms with van der Waals surface area (Å²) in [4.78, 5) is 0. The molecule has 3 heteroatoms. The first-order valence-electron chi connectivity index (χ1n) is 4.71. The Kier molecular flexibility index (Phi) is 3.56. The third kappa shape index (κ3) is 3.78. The monoisotopic (exact) mass is 214 g/mol. The molecular formula is C12H13F3. The van der Waals surface area contributed by atoms with Crippen LogP contribution in [0.1, 0.15) is 25.0 Å². The van der Waals surface area contributed by atoms with Gasteiger partial charge in [-0.3, -0.25) is 0 Å². The maximum Gasteiger partial charge on any atom is 0.393 e. The molecule has 0 bridgehead atoms. The Morgan fingerprint density at radius 1 is 1.33 bits per heavy atom. The maximum atomic E-state index is 12.1. The highest BCUT2D eigenvalue weighted by Gasteiger charge is 2.27. The Morgan fingerprint density at radius 2 is 2.00 bits per heavy atom. The van der Waals surface area contributed by atoms with Crippen LogP contribution in [0.4, 0.5) is 13.2 Å². The Balaban J connectivity index is 2.93. The van der Waals surface area contributed by atoms with Crippen molar-refractivity contribution in [1.82, 2.24) is 0 Å². The van der Waals surface area contributed by atoms with E-state index in [2.05, 4.69) is 0 Å². The standard InChI is InChI=1S/C12H13F3/c1-3-9(2)11-6-4-5-10(7-11)8-12(13,14)15/h3-7H,8H2,1-2H3/b9-3+. The molecule has 0 heterocycles. The van der Waals surface area contributed by atoms with Crippen LogP contribution >= 0.6 is 0 Å². The van der Waals surface area contributed by atoms with E-state index in [1.807, 2.05) is 26.0 Å². The Labute approximate surface area is 87.4 Å². The number of halogens is 3. The van der Waals surface area contributed by atoms with Gasteiger partial charge in [-0.05, 0) is 30.5 Å². The van der Waals surface area contributed by atoms with E-state index in [0.717, 1.165) is 11.1 Å². The second-order valence-electron chi connectivity index (χ2n) is 3.46. The molecule has 0 aliphatic heterocycles. The second-order valence-corrected chi connectivity index (χ2v) is 3.46. The van der Waals surface area contributed by atoms with E-state index in [0.29, 0.717) is 5.56 Å². The number of rotatable bonds is 2. The summed E-state index contributed by atoms with van der Waals surface area (Å²) < 4.78 is 36.4. The van der Waals surface area contributed by atoms with Crippen molar-refractivity contribution in [3.8, 4) is 0 Å². The fraction of sp³-hybridized carbons (Fsp3) is 0.333. The van der Waals surface area contributed by atoms with Crippen LogP contribution in [-0.4, -0.2) is 6.18 Å². The molecule has 82 valence electrons. The number of alkyl halides is 3. The van der Waals surface area contributed by atoms with Crippen LogP contribution in [0.15, 0.2) is 30.3 Å². The quantitative estimate of drug-likeness (QED) is 0.691. The molecule has 0 aliphatic rings. The lowest BCUT2D eigenvalue weighted by molar-refractivity contribution is -0.127. The molecule has 0 saturated carbocycles. The van der Waals surface area contributed by atoms with Gasteiger partial charge in [-0.1, -0.05) is 30.3 Å². The van der Waals surface area contributed by atoms with E-state index >= 15 is 0 Å². The summed E-state index contributed by atoms with van der Waals surface area (Å²) in [7, 11) is 0. The molecule has 0 spiro atoms. The fourth-order valence-corrected chi connectivity index (χ4v) is 1.32. The van der Waals surface area contributed by atoms with Crippen molar-refractivity contribution in [2.45, 2.75) is 26.4 Å². The predicted octanol–water partition coefficient (Wildman–Crippen LogP) is 4.21. The zero-order valence-corrected chi connectivity index (χ0v) is 8.73. The SMILES string of the molecule is C/C=C(\C)c1cccc(CC(F)(F)F)c1. The highest BCUT2D eigenvalue weighted by molar-refractivity contribution is 5.63. The van der Waals surface area contributed by atoms with Gasteiger partial charge in [-0.15, -0.1) is 0 Å². The number of benzene rings is 1. The van der Waals surface area contributed by atoms with E-state index in [1.54, 1.807) is 12.1 Å². The van der Waals surface area contributed by atoms with Crippen molar-refractivity contribution in [3.63, 3.8) is 0 Å². The normalized spacial score (nSPS) is 13.0. The highest BCUT2D eigenvalue weighted by Crippen LogP contribution is 2.23. The molecule has 1 rings (SSSR count). The Morgan fingerprint density at radius 3 is 2.53 bits per heavy atom. The van der Waals surface area contributed by atoms with E-state index in [9.17, 15) is 13.2 Å². The molecule has 15 heavy (non-hydrogen) atoms. The smallest absolute Gasteiger partial charge is 0.171 e. The molecule has 0 N–H and O–H groups in total. The van der Waals surface area contributed by atoms with Crippen LogP contribution in [0.5, 0.6) is 0 Å². The first-order valence-corrected chi connectivity index (χ1v) is 4.71. The lowest BCUT2D eigenvalue weighted by Crippen LogP contribution is -2.11. The molecule has 0 atom stereocenters. The van der Waals surface area contributed by atoms with Crippen molar-refractivity contribution in [3.05, 3.63) is 41.5 Å². The molecule has 0 amide bonds. The van der Waals surface area contributed by atoms with E-state index in [1.165, 1.54) is 6.07 Å². The maximum absolute atomic E-state index is 12.1. The van der Waals surface area contributed by atoms with Crippen LogP contribution in [0, 0.1) is 0 Å². The van der Waals surface area contributed by atoms with Crippen LogP contribution in [0.25, 0.3) is 5.57 Å². The van der Waals surface area contributed by atoms with Gasteiger partial charge in [0, 0.05) is 0 Å². The zero-order valence-electron chi connectivity index (χ0n) is 8.73. The van der Waals surface area contributed by atoms with Gasteiger partial charge in [0.05, 0.1) is 6.42 Å². The zero-order chi connectivity index (χ0) is 11.5. The topological polar surface area (TPSA) is 0 Å². The van der Waals surface area contributed by atoms with Gasteiger partial charge in [0.25, 0.3) is 0 Å². The van der Waals surface area contributed by atoms with Gasteiger partial charge in [-0.2, -0.15) is 13.2 Å². The summed E-state index contributed by atoms with van der Waals surface area (Å²) in [6.45, 7) is 3.75. The molecule has 0 fully saturated rings. The van der Waals surface area contributed by atoms with Crippen LogP contribution in [-0.2, 0) is 6.42 Å². The molecule has 0 aliphatic carbocycles. The Bertz CT molecular complexity index is 361. The van der Waals surface area contributed by atoms with Gasteiger partial charge in [0.2, 0.25) is 0 Å². The lowest BCUT2D eigenvalue weighted by Gasteiger charge is -2.08. The van der Waals surface area contributed by atoms with E-state index in [-0.39, 0.29) is 0 Å². The Hall–Kier alpha value is -1.25. The van der Waals surface area contributed by atoms with Gasteiger partial charge >= 0.3 is 6.18 Å². The van der Waals surface area contributed by atoms with Crippen LogP contribution < -0.4 is 0 Å². The minimum atomic E-state index is -4.14. The minimum Gasteiger partial charge on any atom is -0.171 e. The molecule has 0 unspecified atom stereocenters. The summed E-state index contributed by atoms with van der Waals surface area (Å²) >= 11 is 0. The largest absolute Gasteiger partial charge is 0.393 e. The van der Waals surface area contributed by atoms with Gasteiger partial charge in [0.15, 0.2) is 0 Å². The van der Waals surface area contributed by atoms with Gasteiger partial charge in [-0.25, -0.2) is 0 Å². The summed E-state index contributed by atoms with van der Waals surface area (Å²) in [6.07, 6.45) is -3.12. The predicted molar refractivity (Wildman–Crippen MR) is 55.5 cm³/mol. The number of hydrogen-bond acceptors (Lipinski definition) is 0. The van der Waals surface area contributed by atoms with Crippen molar-refractivity contribution in [2.24, 2.45) is 0 Å². The number of allylic oxidation sites excluding steroid dienone is 2. The molecule has 0 saturated heterocycles. The first-order chi connectivity index (χ1) is 6.92. The van der Waals surface area contributed by atoms with Gasteiger partial charge in [0.1, 0.15) is 0 Å². The summed E-state index contributed by atoms with van der Waals surface area (Å²) in [5, 5.41) is 0. The van der Waals surface area contributed by atoms with Crippen molar-refractivity contribution in [1.29, 1.82) is 0 Å². The molecule has 0 aromatic heterocycles. The van der Waals surface area contributed by atoms with Crippen LogP contribution in [0.3, 0.4) is 0 Å². The second kappa shape index (κ2) is 4.51. The fourth-order valence-electron chi connectivity index (χ4n) is 1.32. The number of hydrogen-bond donors (Lipinski definition) is 0. The van der Waals surface area contributed by atoms with Crippen molar-refractivity contribution < 1.29 is 13.2 Å². The minimum absolute atomic E-state index is 0.307. The molecule has 0 nitrogen and oxygen atoms in total. The first kappa shape index (κ1) is 11.8. The van der Waals surface area contributed by atoms with Gasteiger partial charge < -0.3 is 0 Å². The molecular weight excluding hydrogens is 201 g/mol. The molecule has 1 aromatic rings. The van der Waals surface area contributed by atoms with E-state index in [4.69, 9.17) is 0 Å². The highest BCUT2D eigenvalue weighted by atomic mass is 19.4. The van der Waals surface area contributed by atoms with Crippen LogP contribution in [0.2, 0.25) is 0 Å².